The maximum Gasteiger partial charge on any atom is 0.238 e. The van der Waals surface area contributed by atoms with Crippen molar-refractivity contribution in [1.82, 2.24) is 14.8 Å². The largest absolute Gasteiger partial charge is 0.363 e. The molecule has 2 aromatic carbocycles. The minimum atomic E-state index is 0.0371. The molecule has 1 saturated heterocycles. The van der Waals surface area contributed by atoms with Crippen molar-refractivity contribution in [2.45, 2.75) is 18.9 Å². The standard InChI is InChI=1S/C25H29N5O/c1-29-12-14-30(15-13-29)17-25(31)26-20-8-10-22-19(16-20)7-11-24(27-22)28-23-9-6-18-4-2-3-5-21(18)23/h2-5,7-8,10-11,16,23H,6,9,12-15,17H2,1H3,(H,26,31)(H,27,28)/t23-/m1/s1. The summed E-state index contributed by atoms with van der Waals surface area (Å²) in [6.07, 6.45) is 2.20. The number of rotatable bonds is 5. The summed E-state index contributed by atoms with van der Waals surface area (Å²) in [6, 6.07) is 19.0. The molecule has 160 valence electrons. The fourth-order valence-corrected chi connectivity index (χ4v) is 4.58. The van der Waals surface area contributed by atoms with Crippen LogP contribution in [0.4, 0.5) is 11.5 Å². The highest BCUT2D eigenvalue weighted by molar-refractivity contribution is 5.95. The molecule has 1 aliphatic heterocycles. The van der Waals surface area contributed by atoms with Crippen LogP contribution in [0.5, 0.6) is 0 Å². The summed E-state index contributed by atoms with van der Waals surface area (Å²) in [5.74, 6) is 0.927. The van der Waals surface area contributed by atoms with E-state index in [1.54, 1.807) is 0 Å². The van der Waals surface area contributed by atoms with Crippen LogP contribution in [-0.4, -0.2) is 60.5 Å². The SMILES string of the molecule is CN1CCN(CC(=O)Nc2ccc3nc(N[C@@H]4CCc5ccccc54)ccc3c2)CC1. The molecule has 1 amide bonds. The van der Waals surface area contributed by atoms with Gasteiger partial charge in [0.05, 0.1) is 18.1 Å². The topological polar surface area (TPSA) is 60.5 Å². The van der Waals surface area contributed by atoms with E-state index >= 15 is 0 Å². The summed E-state index contributed by atoms with van der Waals surface area (Å²) in [5.41, 5.74) is 4.55. The summed E-state index contributed by atoms with van der Waals surface area (Å²) in [6.45, 7) is 4.34. The maximum absolute atomic E-state index is 12.5. The highest BCUT2D eigenvalue weighted by Crippen LogP contribution is 2.33. The van der Waals surface area contributed by atoms with Crippen LogP contribution in [0.15, 0.2) is 54.6 Å². The number of hydrogen-bond acceptors (Lipinski definition) is 5. The number of piperazine rings is 1. The van der Waals surface area contributed by atoms with Crippen LogP contribution in [0.3, 0.4) is 0 Å². The molecular weight excluding hydrogens is 386 g/mol. The number of benzene rings is 2. The molecule has 0 radical (unpaired) electrons. The van der Waals surface area contributed by atoms with Gasteiger partial charge >= 0.3 is 0 Å². The van der Waals surface area contributed by atoms with Gasteiger partial charge in [-0.2, -0.15) is 0 Å². The smallest absolute Gasteiger partial charge is 0.238 e. The van der Waals surface area contributed by atoms with E-state index in [9.17, 15) is 4.79 Å². The Balaban J connectivity index is 1.23. The first-order chi connectivity index (χ1) is 15.1. The number of nitrogens with zero attached hydrogens (tertiary/aromatic N) is 3. The van der Waals surface area contributed by atoms with Gasteiger partial charge in [-0.3, -0.25) is 9.69 Å². The number of carbonyl (C=O) groups is 1. The van der Waals surface area contributed by atoms with Crippen molar-refractivity contribution >= 4 is 28.3 Å². The van der Waals surface area contributed by atoms with Gasteiger partial charge in [0.15, 0.2) is 0 Å². The molecule has 5 rings (SSSR count). The minimum absolute atomic E-state index is 0.0371. The lowest BCUT2D eigenvalue weighted by molar-refractivity contribution is -0.117. The monoisotopic (exact) mass is 415 g/mol. The zero-order chi connectivity index (χ0) is 21.2. The number of nitrogens with one attached hydrogen (secondary N) is 2. The lowest BCUT2D eigenvalue weighted by atomic mass is 10.1. The van der Waals surface area contributed by atoms with E-state index in [2.05, 4.69) is 57.8 Å². The molecule has 0 bridgehead atoms. The Morgan fingerprint density at radius 1 is 1.06 bits per heavy atom. The lowest BCUT2D eigenvalue weighted by Gasteiger charge is -2.31. The second kappa shape index (κ2) is 8.65. The van der Waals surface area contributed by atoms with Crippen LogP contribution < -0.4 is 10.6 Å². The Morgan fingerprint density at radius 3 is 2.77 bits per heavy atom. The summed E-state index contributed by atoms with van der Waals surface area (Å²) >= 11 is 0. The zero-order valence-corrected chi connectivity index (χ0v) is 18.0. The summed E-state index contributed by atoms with van der Waals surface area (Å²) < 4.78 is 0. The molecule has 6 heteroatoms. The Hall–Kier alpha value is -2.96. The van der Waals surface area contributed by atoms with E-state index in [0.29, 0.717) is 12.6 Å². The van der Waals surface area contributed by atoms with E-state index in [1.807, 2.05) is 24.3 Å². The normalized spacial score (nSPS) is 19.3. The van der Waals surface area contributed by atoms with Crippen molar-refractivity contribution in [2.24, 2.45) is 0 Å². The summed E-state index contributed by atoms with van der Waals surface area (Å²) in [5, 5.41) is 7.66. The van der Waals surface area contributed by atoms with Crippen molar-refractivity contribution < 1.29 is 4.79 Å². The molecule has 31 heavy (non-hydrogen) atoms. The van der Waals surface area contributed by atoms with Crippen molar-refractivity contribution in [2.75, 3.05) is 50.4 Å². The average Bonchev–Trinajstić information content (AvgIpc) is 3.18. The predicted octanol–water partition coefficient (Wildman–Crippen LogP) is 3.52. The van der Waals surface area contributed by atoms with Crippen molar-refractivity contribution in [3.63, 3.8) is 0 Å². The fraction of sp³-hybridized carbons (Fsp3) is 0.360. The number of anilines is 2. The number of amides is 1. The van der Waals surface area contributed by atoms with Crippen molar-refractivity contribution in [3.05, 3.63) is 65.7 Å². The zero-order valence-electron chi connectivity index (χ0n) is 18.0. The molecule has 0 unspecified atom stereocenters. The predicted molar refractivity (Wildman–Crippen MR) is 125 cm³/mol. The third-order valence-corrected chi connectivity index (χ3v) is 6.39. The van der Waals surface area contributed by atoms with Gasteiger partial charge in [0, 0.05) is 37.3 Å². The molecule has 1 aliphatic carbocycles. The first-order valence-corrected chi connectivity index (χ1v) is 11.1. The van der Waals surface area contributed by atoms with Gasteiger partial charge in [-0.25, -0.2) is 4.98 Å². The molecule has 2 aliphatic rings. The lowest BCUT2D eigenvalue weighted by Crippen LogP contribution is -2.47. The second-order valence-electron chi connectivity index (χ2n) is 8.67. The molecule has 1 fully saturated rings. The molecule has 6 nitrogen and oxygen atoms in total. The average molecular weight is 416 g/mol. The molecule has 1 aromatic heterocycles. The Morgan fingerprint density at radius 2 is 1.90 bits per heavy atom. The van der Waals surface area contributed by atoms with Gasteiger partial charge < -0.3 is 15.5 Å². The van der Waals surface area contributed by atoms with Crippen LogP contribution in [0.1, 0.15) is 23.6 Å². The summed E-state index contributed by atoms with van der Waals surface area (Å²) in [4.78, 5) is 21.7. The first-order valence-electron chi connectivity index (χ1n) is 11.1. The van der Waals surface area contributed by atoms with E-state index in [1.165, 1.54) is 11.1 Å². The van der Waals surface area contributed by atoms with Crippen LogP contribution in [0, 0.1) is 0 Å². The third kappa shape index (κ3) is 4.55. The van der Waals surface area contributed by atoms with E-state index in [0.717, 1.165) is 61.4 Å². The van der Waals surface area contributed by atoms with E-state index in [-0.39, 0.29) is 5.91 Å². The third-order valence-electron chi connectivity index (χ3n) is 6.39. The Kier molecular flexibility index (Phi) is 5.57. The fourth-order valence-electron chi connectivity index (χ4n) is 4.58. The molecule has 2 heterocycles. The second-order valence-corrected chi connectivity index (χ2v) is 8.67. The Labute approximate surface area is 183 Å². The molecule has 0 saturated carbocycles. The van der Waals surface area contributed by atoms with Gasteiger partial charge in [-0.1, -0.05) is 24.3 Å². The molecular formula is C25H29N5O. The number of pyridine rings is 1. The van der Waals surface area contributed by atoms with E-state index < -0.39 is 0 Å². The molecule has 0 spiro atoms. The van der Waals surface area contributed by atoms with Crippen LogP contribution >= 0.6 is 0 Å². The number of aromatic nitrogens is 1. The number of fused-ring (bicyclic) bond motifs is 2. The number of likely N-dealkylation sites (N-methyl/N-ethyl adjacent to an activating group) is 1. The quantitative estimate of drug-likeness (QED) is 0.668. The van der Waals surface area contributed by atoms with Gasteiger partial charge in [0.2, 0.25) is 5.91 Å². The highest BCUT2D eigenvalue weighted by atomic mass is 16.2. The van der Waals surface area contributed by atoms with Crippen LogP contribution in [0.25, 0.3) is 10.9 Å². The molecule has 1 atom stereocenters. The van der Waals surface area contributed by atoms with Crippen LogP contribution in [-0.2, 0) is 11.2 Å². The number of aryl methyl sites for hydroxylation is 1. The van der Waals surface area contributed by atoms with Gasteiger partial charge in [0.1, 0.15) is 5.82 Å². The van der Waals surface area contributed by atoms with Gasteiger partial charge in [0.25, 0.3) is 0 Å². The summed E-state index contributed by atoms with van der Waals surface area (Å²) in [7, 11) is 2.12. The van der Waals surface area contributed by atoms with Gasteiger partial charge in [-0.05, 0) is 61.3 Å². The maximum atomic E-state index is 12.5. The van der Waals surface area contributed by atoms with Crippen molar-refractivity contribution in [1.29, 1.82) is 0 Å². The molecule has 2 N–H and O–H groups in total. The van der Waals surface area contributed by atoms with E-state index in [4.69, 9.17) is 4.98 Å². The van der Waals surface area contributed by atoms with Crippen LogP contribution in [0.2, 0.25) is 0 Å². The Bertz CT molecular complexity index is 1090. The number of hydrogen-bond donors (Lipinski definition) is 2. The van der Waals surface area contributed by atoms with Gasteiger partial charge in [-0.15, -0.1) is 0 Å². The van der Waals surface area contributed by atoms with Crippen molar-refractivity contribution in [3.8, 4) is 0 Å². The number of carbonyl (C=O) groups excluding carboxylic acids is 1. The molecule has 3 aromatic rings. The highest BCUT2D eigenvalue weighted by Gasteiger charge is 2.22. The first kappa shape index (κ1) is 20.0. The minimum Gasteiger partial charge on any atom is -0.363 e.